The van der Waals surface area contributed by atoms with Gasteiger partial charge in [0.2, 0.25) is 0 Å². The van der Waals surface area contributed by atoms with Gasteiger partial charge in [0.05, 0.1) is 0 Å². The van der Waals surface area contributed by atoms with Crippen LogP contribution in [0, 0.1) is 0 Å². The number of aromatic nitrogens is 2. The fourth-order valence-corrected chi connectivity index (χ4v) is 5.50. The lowest BCUT2D eigenvalue weighted by Gasteiger charge is -2.34. The van der Waals surface area contributed by atoms with Crippen molar-refractivity contribution in [1.82, 2.24) is 19.2 Å². The number of carbonyl (C=O) groups excluding carboxylic acids is 1. The Kier molecular flexibility index (Phi) is 4.93. The Morgan fingerprint density at radius 1 is 1.03 bits per heavy atom. The Labute approximate surface area is 173 Å². The Balaban J connectivity index is 1.33. The summed E-state index contributed by atoms with van der Waals surface area (Å²) in [6, 6.07) is 10.4. The molecule has 7 heteroatoms. The minimum absolute atomic E-state index is 0.188. The zero-order valence-electron chi connectivity index (χ0n) is 16.3. The summed E-state index contributed by atoms with van der Waals surface area (Å²) in [4.78, 5) is 36.8. The third-order valence-electron chi connectivity index (χ3n) is 5.94. The van der Waals surface area contributed by atoms with E-state index in [-0.39, 0.29) is 17.0 Å². The molecule has 0 N–H and O–H groups in total. The van der Waals surface area contributed by atoms with Gasteiger partial charge in [0, 0.05) is 49.5 Å². The summed E-state index contributed by atoms with van der Waals surface area (Å²) in [6.45, 7) is 3.78. The first-order chi connectivity index (χ1) is 14.2. The molecule has 0 spiro atoms. The highest BCUT2D eigenvalue weighted by Crippen LogP contribution is 2.28. The minimum Gasteiger partial charge on any atom is -0.336 e. The monoisotopic (exact) mass is 408 g/mol. The smallest absolute Gasteiger partial charge is 0.271 e. The van der Waals surface area contributed by atoms with Crippen molar-refractivity contribution in [3.8, 4) is 0 Å². The molecule has 0 unspecified atom stereocenters. The molecule has 0 radical (unpaired) electrons. The molecule has 0 atom stereocenters. The molecule has 3 heterocycles. The highest BCUT2D eigenvalue weighted by atomic mass is 32.1. The second kappa shape index (κ2) is 7.72. The zero-order chi connectivity index (χ0) is 19.8. The van der Waals surface area contributed by atoms with Crippen LogP contribution >= 0.6 is 11.3 Å². The number of aryl methyl sites for hydroxylation is 2. The molecule has 2 aliphatic rings. The highest BCUT2D eigenvalue weighted by Gasteiger charge is 2.26. The van der Waals surface area contributed by atoms with Crippen molar-refractivity contribution in [1.29, 1.82) is 0 Å². The van der Waals surface area contributed by atoms with Crippen molar-refractivity contribution in [2.45, 2.75) is 32.2 Å². The lowest BCUT2D eigenvalue weighted by atomic mass is 10.0. The summed E-state index contributed by atoms with van der Waals surface area (Å²) >= 11 is 1.59. The summed E-state index contributed by atoms with van der Waals surface area (Å²) < 4.78 is 1.69. The second-order valence-corrected chi connectivity index (χ2v) is 8.89. The van der Waals surface area contributed by atoms with Gasteiger partial charge >= 0.3 is 0 Å². The fourth-order valence-electron chi connectivity index (χ4n) is 4.34. The van der Waals surface area contributed by atoms with Gasteiger partial charge < -0.3 is 4.90 Å². The van der Waals surface area contributed by atoms with Crippen LogP contribution in [0.4, 0.5) is 0 Å². The van der Waals surface area contributed by atoms with E-state index in [2.05, 4.69) is 34.1 Å². The van der Waals surface area contributed by atoms with Gasteiger partial charge in [0.15, 0.2) is 4.96 Å². The van der Waals surface area contributed by atoms with Crippen molar-refractivity contribution in [3.63, 3.8) is 0 Å². The van der Waals surface area contributed by atoms with Gasteiger partial charge in [0.1, 0.15) is 5.56 Å². The number of hydrogen-bond acceptors (Lipinski definition) is 5. The Morgan fingerprint density at radius 3 is 2.59 bits per heavy atom. The van der Waals surface area contributed by atoms with Gasteiger partial charge in [-0.05, 0) is 31.2 Å². The third-order valence-corrected chi connectivity index (χ3v) is 7.10. The third kappa shape index (κ3) is 3.49. The average Bonchev–Trinajstić information content (AvgIpc) is 3.14. The van der Waals surface area contributed by atoms with Crippen molar-refractivity contribution in [3.05, 3.63) is 68.6 Å². The number of piperazine rings is 1. The van der Waals surface area contributed by atoms with E-state index in [1.165, 1.54) is 16.6 Å². The minimum atomic E-state index is -0.203. The molecule has 1 aliphatic heterocycles. The van der Waals surface area contributed by atoms with Crippen LogP contribution < -0.4 is 5.56 Å². The quantitative estimate of drug-likeness (QED) is 0.669. The molecular weight excluding hydrogens is 384 g/mol. The number of benzene rings is 1. The van der Waals surface area contributed by atoms with E-state index in [4.69, 9.17) is 0 Å². The predicted molar refractivity (Wildman–Crippen MR) is 114 cm³/mol. The van der Waals surface area contributed by atoms with Gasteiger partial charge in [-0.3, -0.25) is 18.9 Å². The average molecular weight is 409 g/mol. The maximum Gasteiger partial charge on any atom is 0.271 e. The molecule has 0 bridgehead atoms. The Morgan fingerprint density at radius 2 is 1.79 bits per heavy atom. The number of thiazole rings is 1. The van der Waals surface area contributed by atoms with E-state index >= 15 is 0 Å². The van der Waals surface area contributed by atoms with E-state index in [9.17, 15) is 9.59 Å². The Hall–Kier alpha value is -2.51. The standard InChI is InChI=1S/C22H24N4O2S/c27-20(25-12-10-24(11-13-25)15-16-6-2-1-3-7-16)17-14-23-22-26(21(17)28)18-8-4-5-9-19(18)29-22/h1-3,6-7,14H,4-5,8-13,15H2. The van der Waals surface area contributed by atoms with E-state index in [0.29, 0.717) is 18.1 Å². The van der Waals surface area contributed by atoms with Crippen molar-refractivity contribution in [2.75, 3.05) is 26.2 Å². The molecule has 6 nitrogen and oxygen atoms in total. The van der Waals surface area contributed by atoms with Crippen molar-refractivity contribution < 1.29 is 4.79 Å². The number of nitrogens with zero attached hydrogens (tertiary/aromatic N) is 4. The zero-order valence-corrected chi connectivity index (χ0v) is 17.2. The normalized spacial score (nSPS) is 17.4. The molecule has 1 amide bonds. The molecule has 5 rings (SSSR count). The van der Waals surface area contributed by atoms with E-state index in [1.54, 1.807) is 20.6 Å². The van der Waals surface area contributed by atoms with Crippen LogP contribution in [0.3, 0.4) is 0 Å². The molecule has 1 aliphatic carbocycles. The van der Waals surface area contributed by atoms with E-state index in [0.717, 1.165) is 51.0 Å². The lowest BCUT2D eigenvalue weighted by Crippen LogP contribution is -2.49. The van der Waals surface area contributed by atoms with Crippen LogP contribution in [0.15, 0.2) is 41.3 Å². The van der Waals surface area contributed by atoms with Crippen molar-refractivity contribution in [2.24, 2.45) is 0 Å². The lowest BCUT2D eigenvalue weighted by molar-refractivity contribution is 0.0626. The topological polar surface area (TPSA) is 57.9 Å². The van der Waals surface area contributed by atoms with Crippen LogP contribution in [-0.4, -0.2) is 51.3 Å². The number of fused-ring (bicyclic) bond motifs is 3. The summed E-state index contributed by atoms with van der Waals surface area (Å²) in [6.07, 6.45) is 5.64. The van der Waals surface area contributed by atoms with Gasteiger partial charge in [-0.2, -0.15) is 0 Å². The molecule has 1 aromatic carbocycles. The molecule has 0 saturated carbocycles. The van der Waals surface area contributed by atoms with Gasteiger partial charge in [-0.15, -0.1) is 11.3 Å². The summed E-state index contributed by atoms with van der Waals surface area (Å²) in [5, 5.41) is 0. The fraction of sp³-hybridized carbons (Fsp3) is 0.409. The number of rotatable bonds is 3. The number of amides is 1. The number of carbonyl (C=O) groups is 1. The first-order valence-corrected chi connectivity index (χ1v) is 11.1. The summed E-state index contributed by atoms with van der Waals surface area (Å²) in [7, 11) is 0. The van der Waals surface area contributed by atoms with Crippen molar-refractivity contribution >= 4 is 22.2 Å². The molecule has 3 aromatic rings. The molecule has 2 aromatic heterocycles. The number of hydrogen-bond donors (Lipinski definition) is 0. The molecular formula is C22H24N4O2S. The SMILES string of the molecule is O=C(c1cnc2sc3c(n2c1=O)CCCC3)N1CCN(Cc2ccccc2)CC1. The van der Waals surface area contributed by atoms with Crippen LogP contribution in [0.25, 0.3) is 4.96 Å². The van der Waals surface area contributed by atoms with Crippen LogP contribution in [0.2, 0.25) is 0 Å². The largest absolute Gasteiger partial charge is 0.336 e. The maximum absolute atomic E-state index is 13.1. The van der Waals surface area contributed by atoms with Crippen LogP contribution in [-0.2, 0) is 19.4 Å². The molecule has 1 fully saturated rings. The molecule has 29 heavy (non-hydrogen) atoms. The first kappa shape index (κ1) is 18.5. The maximum atomic E-state index is 13.1. The van der Waals surface area contributed by atoms with E-state index < -0.39 is 0 Å². The Bertz CT molecular complexity index is 1100. The van der Waals surface area contributed by atoms with Crippen LogP contribution in [0.1, 0.15) is 39.3 Å². The molecule has 1 saturated heterocycles. The van der Waals surface area contributed by atoms with E-state index in [1.807, 2.05) is 6.07 Å². The van der Waals surface area contributed by atoms with Crippen LogP contribution in [0.5, 0.6) is 0 Å². The predicted octanol–water partition coefficient (Wildman–Crippen LogP) is 2.59. The first-order valence-electron chi connectivity index (χ1n) is 10.3. The highest BCUT2D eigenvalue weighted by molar-refractivity contribution is 7.17. The second-order valence-electron chi connectivity index (χ2n) is 7.83. The molecule has 150 valence electrons. The summed E-state index contributed by atoms with van der Waals surface area (Å²) in [5.41, 5.74) is 2.34. The van der Waals surface area contributed by atoms with Gasteiger partial charge in [-0.25, -0.2) is 4.98 Å². The summed E-state index contributed by atoms with van der Waals surface area (Å²) in [5.74, 6) is -0.188. The van der Waals surface area contributed by atoms with Gasteiger partial charge in [0.25, 0.3) is 11.5 Å². The van der Waals surface area contributed by atoms with Gasteiger partial charge in [-0.1, -0.05) is 30.3 Å².